The van der Waals surface area contributed by atoms with E-state index in [-0.39, 0.29) is 18.4 Å². The van der Waals surface area contributed by atoms with Gasteiger partial charge in [-0.1, -0.05) is 23.7 Å². The summed E-state index contributed by atoms with van der Waals surface area (Å²) in [6, 6.07) is 8.12. The number of benzene rings is 1. The number of rotatable bonds is 5. The molecule has 1 aliphatic rings. The van der Waals surface area contributed by atoms with Crippen molar-refractivity contribution < 1.29 is 4.74 Å². The Labute approximate surface area is 153 Å². The lowest BCUT2D eigenvalue weighted by Crippen LogP contribution is -2.37. The number of nitrogens with one attached hydrogen (secondary N) is 1. The highest BCUT2D eigenvalue weighted by molar-refractivity contribution is 6.30. The molecule has 0 aliphatic carbocycles. The second-order valence-electron chi connectivity index (χ2n) is 5.65. The summed E-state index contributed by atoms with van der Waals surface area (Å²) in [7, 11) is 0. The number of hydrogen-bond acceptors (Lipinski definition) is 5. The first-order valence-corrected chi connectivity index (χ1v) is 8.22. The van der Waals surface area contributed by atoms with Crippen molar-refractivity contribution in [1.29, 1.82) is 0 Å². The Bertz CT molecular complexity index is 633. The average molecular weight is 369 g/mol. The molecular weight excluding hydrogens is 347 g/mol. The van der Waals surface area contributed by atoms with Crippen molar-refractivity contribution in [3.05, 3.63) is 52.8 Å². The number of halogens is 2. The summed E-state index contributed by atoms with van der Waals surface area (Å²) in [5, 5.41) is 4.23. The van der Waals surface area contributed by atoms with Gasteiger partial charge in [0.2, 0.25) is 5.95 Å². The van der Waals surface area contributed by atoms with Crippen LogP contribution in [-0.2, 0) is 11.3 Å². The molecular formula is C17H22Cl2N4O. The third-order valence-corrected chi connectivity index (χ3v) is 4.18. The number of hydrogen-bond donors (Lipinski definition) is 1. The molecule has 130 valence electrons. The maximum absolute atomic E-state index is 6.04. The van der Waals surface area contributed by atoms with Gasteiger partial charge < -0.3 is 15.0 Å². The van der Waals surface area contributed by atoms with Crippen molar-refractivity contribution in [2.24, 2.45) is 0 Å². The highest BCUT2D eigenvalue weighted by atomic mass is 35.5. The van der Waals surface area contributed by atoms with Gasteiger partial charge in [0.1, 0.15) is 0 Å². The van der Waals surface area contributed by atoms with Gasteiger partial charge in [-0.25, -0.2) is 9.97 Å². The van der Waals surface area contributed by atoms with Crippen molar-refractivity contribution in [1.82, 2.24) is 15.3 Å². The Morgan fingerprint density at radius 2 is 1.96 bits per heavy atom. The molecule has 1 fully saturated rings. The largest absolute Gasteiger partial charge is 0.378 e. The second kappa shape index (κ2) is 9.18. The first kappa shape index (κ1) is 18.9. The molecule has 2 heterocycles. The molecule has 1 saturated heterocycles. The highest BCUT2D eigenvalue weighted by Crippen LogP contribution is 2.18. The van der Waals surface area contributed by atoms with Crippen LogP contribution in [0.4, 0.5) is 5.95 Å². The van der Waals surface area contributed by atoms with E-state index >= 15 is 0 Å². The van der Waals surface area contributed by atoms with Crippen molar-refractivity contribution in [3.63, 3.8) is 0 Å². The molecule has 2 aromatic rings. The van der Waals surface area contributed by atoms with Crippen LogP contribution in [0.25, 0.3) is 0 Å². The van der Waals surface area contributed by atoms with Gasteiger partial charge >= 0.3 is 0 Å². The van der Waals surface area contributed by atoms with Crippen LogP contribution in [0.1, 0.15) is 24.1 Å². The van der Waals surface area contributed by atoms with Crippen LogP contribution in [0.3, 0.4) is 0 Å². The predicted molar refractivity (Wildman–Crippen MR) is 99.0 cm³/mol. The molecule has 24 heavy (non-hydrogen) atoms. The molecule has 3 rings (SSSR count). The fourth-order valence-electron chi connectivity index (χ4n) is 2.53. The topological polar surface area (TPSA) is 50.3 Å². The minimum absolute atomic E-state index is 0. The van der Waals surface area contributed by atoms with Crippen molar-refractivity contribution in [2.75, 3.05) is 31.2 Å². The zero-order chi connectivity index (χ0) is 16.1. The van der Waals surface area contributed by atoms with Crippen molar-refractivity contribution in [2.45, 2.75) is 19.5 Å². The summed E-state index contributed by atoms with van der Waals surface area (Å²) in [5.41, 5.74) is 2.24. The Morgan fingerprint density at radius 1 is 1.25 bits per heavy atom. The summed E-state index contributed by atoms with van der Waals surface area (Å²) in [4.78, 5) is 11.1. The molecule has 0 radical (unpaired) electrons. The number of nitrogens with zero attached hydrogens (tertiary/aromatic N) is 3. The predicted octanol–water partition coefficient (Wildman–Crippen LogP) is 3.24. The molecule has 1 atom stereocenters. The maximum Gasteiger partial charge on any atom is 0.225 e. The monoisotopic (exact) mass is 368 g/mol. The third-order valence-electron chi connectivity index (χ3n) is 3.95. The summed E-state index contributed by atoms with van der Waals surface area (Å²) < 4.78 is 5.34. The number of anilines is 1. The SMILES string of the molecule is CC(NCc1cnc(N2CCOCC2)nc1)c1cccc(Cl)c1.Cl. The van der Waals surface area contributed by atoms with Crippen LogP contribution >= 0.6 is 24.0 Å². The second-order valence-corrected chi connectivity index (χ2v) is 6.08. The minimum Gasteiger partial charge on any atom is -0.378 e. The van der Waals surface area contributed by atoms with Gasteiger partial charge in [0, 0.05) is 48.7 Å². The lowest BCUT2D eigenvalue weighted by Gasteiger charge is -2.26. The van der Waals surface area contributed by atoms with E-state index < -0.39 is 0 Å². The van der Waals surface area contributed by atoms with E-state index in [2.05, 4.69) is 33.2 Å². The molecule has 0 spiro atoms. The van der Waals surface area contributed by atoms with Crippen LogP contribution in [0.2, 0.25) is 5.02 Å². The highest BCUT2D eigenvalue weighted by Gasteiger charge is 2.13. The van der Waals surface area contributed by atoms with Crippen LogP contribution < -0.4 is 10.2 Å². The molecule has 1 aromatic heterocycles. The number of ether oxygens (including phenoxy) is 1. The Hall–Kier alpha value is -1.40. The normalized spacial score (nSPS) is 15.7. The lowest BCUT2D eigenvalue weighted by atomic mass is 10.1. The molecule has 5 nitrogen and oxygen atoms in total. The summed E-state index contributed by atoms with van der Waals surface area (Å²) >= 11 is 6.04. The van der Waals surface area contributed by atoms with Gasteiger partial charge in [-0.05, 0) is 24.6 Å². The van der Waals surface area contributed by atoms with E-state index in [4.69, 9.17) is 16.3 Å². The van der Waals surface area contributed by atoms with Crippen LogP contribution in [-0.4, -0.2) is 36.3 Å². The van der Waals surface area contributed by atoms with Gasteiger partial charge in [-0.3, -0.25) is 0 Å². The van der Waals surface area contributed by atoms with Gasteiger partial charge in [-0.2, -0.15) is 0 Å². The summed E-state index contributed by atoms with van der Waals surface area (Å²) in [6.07, 6.45) is 3.77. The van der Waals surface area contributed by atoms with Gasteiger partial charge in [0.05, 0.1) is 13.2 Å². The molecule has 0 amide bonds. The van der Waals surface area contributed by atoms with E-state index in [9.17, 15) is 0 Å². The first-order chi connectivity index (χ1) is 11.2. The molecule has 1 unspecified atom stereocenters. The fourth-order valence-corrected chi connectivity index (χ4v) is 2.73. The van der Waals surface area contributed by atoms with E-state index in [1.54, 1.807) is 0 Å². The third kappa shape index (κ3) is 5.05. The number of aromatic nitrogens is 2. The van der Waals surface area contributed by atoms with E-state index in [1.807, 2.05) is 30.6 Å². The standard InChI is InChI=1S/C17H21ClN4O.ClH/c1-13(15-3-2-4-16(18)9-15)19-10-14-11-20-17(21-12-14)22-5-7-23-8-6-22;/h2-4,9,11-13,19H,5-8,10H2,1H3;1H. The molecule has 0 saturated carbocycles. The number of morpholine rings is 1. The average Bonchev–Trinajstić information content (AvgIpc) is 2.61. The molecule has 0 bridgehead atoms. The van der Waals surface area contributed by atoms with E-state index in [0.29, 0.717) is 0 Å². The van der Waals surface area contributed by atoms with Crippen LogP contribution in [0, 0.1) is 0 Å². The molecule has 7 heteroatoms. The Kier molecular flexibility index (Phi) is 7.24. The summed E-state index contributed by atoms with van der Waals surface area (Å²) in [5.74, 6) is 0.778. The van der Waals surface area contributed by atoms with E-state index in [0.717, 1.165) is 49.4 Å². The Morgan fingerprint density at radius 3 is 2.62 bits per heavy atom. The lowest BCUT2D eigenvalue weighted by molar-refractivity contribution is 0.122. The first-order valence-electron chi connectivity index (χ1n) is 7.85. The molecule has 1 aromatic carbocycles. The molecule has 1 aliphatic heterocycles. The zero-order valence-electron chi connectivity index (χ0n) is 13.6. The zero-order valence-corrected chi connectivity index (χ0v) is 15.2. The molecule has 1 N–H and O–H groups in total. The maximum atomic E-state index is 6.04. The fraction of sp³-hybridized carbons (Fsp3) is 0.412. The van der Waals surface area contributed by atoms with Crippen molar-refractivity contribution >= 4 is 30.0 Å². The smallest absolute Gasteiger partial charge is 0.225 e. The minimum atomic E-state index is 0. The van der Waals surface area contributed by atoms with Crippen LogP contribution in [0.5, 0.6) is 0 Å². The van der Waals surface area contributed by atoms with Crippen molar-refractivity contribution in [3.8, 4) is 0 Å². The van der Waals surface area contributed by atoms with Gasteiger partial charge in [-0.15, -0.1) is 12.4 Å². The quantitative estimate of drug-likeness (QED) is 0.877. The summed E-state index contributed by atoms with van der Waals surface area (Å²) in [6.45, 7) is 6.02. The Balaban J connectivity index is 0.00000208. The van der Waals surface area contributed by atoms with Crippen LogP contribution in [0.15, 0.2) is 36.7 Å². The van der Waals surface area contributed by atoms with E-state index in [1.165, 1.54) is 5.56 Å². The van der Waals surface area contributed by atoms with Gasteiger partial charge in [0.15, 0.2) is 0 Å². The van der Waals surface area contributed by atoms with Gasteiger partial charge in [0.25, 0.3) is 0 Å².